The minimum atomic E-state index is -5.60. The molecule has 0 aliphatic heterocycles. The summed E-state index contributed by atoms with van der Waals surface area (Å²) in [6, 6.07) is 0. The first-order valence-electron chi connectivity index (χ1n) is 24.6. The summed E-state index contributed by atoms with van der Waals surface area (Å²) in [5, 5.41) is 31.9. The number of ether oxygens (including phenoxy) is 2. The molecule has 394 valence electrons. The second kappa shape index (κ2) is 37.4. The van der Waals surface area contributed by atoms with Gasteiger partial charge in [-0.05, 0) is 64.2 Å². The highest BCUT2D eigenvalue weighted by Gasteiger charge is 2.56. The van der Waals surface area contributed by atoms with Crippen molar-refractivity contribution in [3.8, 4) is 0 Å². The molecule has 0 aromatic heterocycles. The number of allylic oxidation sites excluding steroid dienone is 4. The van der Waals surface area contributed by atoms with Crippen LogP contribution in [0.2, 0.25) is 0 Å². The monoisotopic (exact) mass is 1020 g/mol. The number of carbonyl (C=O) groups is 2. The smallest absolute Gasteiger partial charge is 0.462 e. The van der Waals surface area contributed by atoms with Crippen LogP contribution in [0.25, 0.3) is 0 Å². The Hall–Kier alpha value is -1.37. The normalized spacial score (nSPS) is 21.8. The molecule has 0 aromatic rings. The summed E-state index contributed by atoms with van der Waals surface area (Å²) in [5.74, 6) is -1.31. The number of hydrogen-bond donors (Lipinski definition) is 8. The molecule has 0 spiro atoms. The van der Waals surface area contributed by atoms with Gasteiger partial charge in [0.15, 0.2) is 6.10 Å². The minimum Gasteiger partial charge on any atom is -0.462 e. The van der Waals surface area contributed by atoms with Crippen LogP contribution in [0.5, 0.6) is 0 Å². The van der Waals surface area contributed by atoms with E-state index < -0.39 is 91.3 Å². The Morgan fingerprint density at radius 3 is 1.24 bits per heavy atom. The summed E-state index contributed by atoms with van der Waals surface area (Å²) in [7, 11) is -16.6. The van der Waals surface area contributed by atoms with E-state index in [-0.39, 0.29) is 12.8 Å². The molecule has 5 unspecified atom stereocenters. The van der Waals surface area contributed by atoms with Crippen LogP contribution in [0.3, 0.4) is 0 Å². The molecule has 0 saturated heterocycles. The van der Waals surface area contributed by atoms with E-state index in [0.717, 1.165) is 77.0 Å². The molecule has 8 N–H and O–H groups in total. The Bertz CT molecular complexity index is 1500. The number of carbonyl (C=O) groups excluding carboxylic acids is 2. The summed E-state index contributed by atoms with van der Waals surface area (Å²) in [6.45, 7) is 2.93. The van der Waals surface area contributed by atoms with Crippen molar-refractivity contribution in [3.63, 3.8) is 0 Å². The topological polar surface area (TPSA) is 303 Å². The van der Waals surface area contributed by atoms with Gasteiger partial charge < -0.3 is 49.3 Å². The third-order valence-corrected chi connectivity index (χ3v) is 13.3. The van der Waals surface area contributed by atoms with Crippen LogP contribution < -0.4 is 0 Å². The summed E-state index contributed by atoms with van der Waals surface area (Å²) < 4.78 is 65.5. The van der Waals surface area contributed by atoms with Crippen LogP contribution in [0.15, 0.2) is 24.3 Å². The maximum atomic E-state index is 13.1. The number of phosphoric ester groups is 3. The maximum absolute atomic E-state index is 13.1. The van der Waals surface area contributed by atoms with Gasteiger partial charge in [-0.25, -0.2) is 13.7 Å². The fraction of sp³-hybridized carbons (Fsp3) is 0.867. The first-order valence-corrected chi connectivity index (χ1v) is 29.2. The molecule has 0 heterocycles. The van der Waals surface area contributed by atoms with Gasteiger partial charge >= 0.3 is 35.4 Å². The van der Waals surface area contributed by atoms with Crippen LogP contribution in [0, 0.1) is 0 Å². The zero-order chi connectivity index (χ0) is 50.0. The second-order valence-corrected chi connectivity index (χ2v) is 21.2. The molecule has 1 fully saturated rings. The SMILES string of the molecule is CCCCCCCCC=CCCCCCCCC(=O)OC[C@H](COP(=O)(O)O[C@H]1C(O)C(O)C(OP(=O)(O)O)[C@@H](OP(=O)(O)O)C1O)OC(=O)CCCCCCCC=CCCCCCCCC. The fourth-order valence-corrected chi connectivity index (χ4v) is 9.61. The van der Waals surface area contributed by atoms with E-state index in [4.69, 9.17) is 18.5 Å². The molecule has 0 radical (unpaired) electrons. The lowest BCUT2D eigenvalue weighted by atomic mass is 9.85. The van der Waals surface area contributed by atoms with Gasteiger partial charge in [0.25, 0.3) is 0 Å². The first-order chi connectivity index (χ1) is 31.8. The van der Waals surface area contributed by atoms with Gasteiger partial charge in [0.2, 0.25) is 0 Å². The molecule has 1 aliphatic carbocycles. The van der Waals surface area contributed by atoms with Gasteiger partial charge in [-0.2, -0.15) is 0 Å². The molecule has 0 amide bonds. The van der Waals surface area contributed by atoms with E-state index in [0.29, 0.717) is 12.8 Å². The van der Waals surface area contributed by atoms with Gasteiger partial charge in [-0.3, -0.25) is 27.7 Å². The Balaban J connectivity index is 2.73. The average Bonchev–Trinajstić information content (AvgIpc) is 3.25. The van der Waals surface area contributed by atoms with Crippen molar-refractivity contribution >= 4 is 35.4 Å². The molecule has 67 heavy (non-hydrogen) atoms. The predicted octanol–water partition coefficient (Wildman–Crippen LogP) is 9.07. The highest BCUT2D eigenvalue weighted by molar-refractivity contribution is 7.47. The third-order valence-electron chi connectivity index (χ3n) is 11.2. The fourth-order valence-electron chi connectivity index (χ4n) is 7.51. The van der Waals surface area contributed by atoms with Crippen molar-refractivity contribution in [3.05, 3.63) is 24.3 Å². The van der Waals surface area contributed by atoms with Crippen molar-refractivity contribution in [1.29, 1.82) is 0 Å². The Morgan fingerprint density at radius 1 is 0.463 bits per heavy atom. The van der Waals surface area contributed by atoms with Gasteiger partial charge in [0.05, 0.1) is 6.61 Å². The largest absolute Gasteiger partial charge is 0.472 e. The van der Waals surface area contributed by atoms with Gasteiger partial charge in [0.1, 0.15) is 43.2 Å². The molecular formula is C45H85O19P3. The van der Waals surface area contributed by atoms with E-state index in [1.54, 1.807) is 0 Å². The number of phosphoric acid groups is 3. The van der Waals surface area contributed by atoms with E-state index in [1.807, 2.05) is 0 Å². The van der Waals surface area contributed by atoms with Gasteiger partial charge in [-0.1, -0.05) is 141 Å². The van der Waals surface area contributed by atoms with E-state index in [1.165, 1.54) is 77.0 Å². The maximum Gasteiger partial charge on any atom is 0.472 e. The predicted molar refractivity (Wildman–Crippen MR) is 252 cm³/mol. The molecule has 19 nitrogen and oxygen atoms in total. The Labute approximate surface area is 398 Å². The van der Waals surface area contributed by atoms with Gasteiger partial charge in [0, 0.05) is 12.8 Å². The zero-order valence-electron chi connectivity index (χ0n) is 40.0. The summed E-state index contributed by atoms with van der Waals surface area (Å²) in [4.78, 5) is 73.2. The van der Waals surface area contributed by atoms with Crippen LogP contribution in [-0.2, 0) is 50.9 Å². The lowest BCUT2D eigenvalue weighted by molar-refractivity contribution is -0.213. The Morgan fingerprint density at radius 2 is 0.821 bits per heavy atom. The number of unbranched alkanes of at least 4 members (excludes halogenated alkanes) is 22. The molecule has 1 saturated carbocycles. The average molecular weight is 1020 g/mol. The van der Waals surface area contributed by atoms with Crippen molar-refractivity contribution in [2.24, 2.45) is 0 Å². The number of esters is 2. The highest BCUT2D eigenvalue weighted by Crippen LogP contribution is 2.51. The molecule has 1 aliphatic rings. The van der Waals surface area contributed by atoms with E-state index >= 15 is 0 Å². The van der Waals surface area contributed by atoms with Crippen LogP contribution in [-0.4, -0.2) is 108 Å². The van der Waals surface area contributed by atoms with Crippen molar-refractivity contribution in [1.82, 2.24) is 0 Å². The van der Waals surface area contributed by atoms with Crippen molar-refractivity contribution < 1.29 is 90.6 Å². The lowest BCUT2D eigenvalue weighted by Gasteiger charge is -2.44. The quantitative estimate of drug-likeness (QED) is 0.0122. The van der Waals surface area contributed by atoms with E-state index in [2.05, 4.69) is 47.2 Å². The lowest BCUT2D eigenvalue weighted by Crippen LogP contribution is -2.65. The van der Waals surface area contributed by atoms with Crippen molar-refractivity contribution in [2.75, 3.05) is 13.2 Å². The summed E-state index contributed by atoms with van der Waals surface area (Å²) in [6.07, 6.45) is 20.5. The van der Waals surface area contributed by atoms with Crippen LogP contribution >= 0.6 is 23.5 Å². The van der Waals surface area contributed by atoms with Crippen LogP contribution in [0.1, 0.15) is 194 Å². The number of hydrogen-bond acceptors (Lipinski definition) is 14. The molecular weight excluding hydrogens is 937 g/mol. The van der Waals surface area contributed by atoms with Crippen LogP contribution in [0.4, 0.5) is 0 Å². The van der Waals surface area contributed by atoms with Gasteiger partial charge in [-0.15, -0.1) is 0 Å². The summed E-state index contributed by atoms with van der Waals surface area (Å²) >= 11 is 0. The Kier molecular flexibility index (Phi) is 35.5. The highest BCUT2D eigenvalue weighted by atomic mass is 31.2. The zero-order valence-corrected chi connectivity index (χ0v) is 42.7. The van der Waals surface area contributed by atoms with Crippen molar-refractivity contribution in [2.45, 2.75) is 236 Å². The van der Waals surface area contributed by atoms with E-state index in [9.17, 15) is 63.1 Å². The third kappa shape index (κ3) is 33.8. The number of aliphatic hydroxyl groups is 3. The first kappa shape index (κ1) is 63.6. The molecule has 8 atom stereocenters. The molecule has 1 rings (SSSR count). The standard InChI is InChI=1S/C45H85O19P3/c1-3-5-7-9-11-13-15-17-19-21-23-25-27-29-31-33-38(46)59-35-37(61-39(47)34-32-30-28-26-24-22-20-18-16-14-12-10-8-6-4-2)36-60-67(57,58)64-43-40(48)41(49)44(62-65(51,52)53)45(42(43)50)63-66(54,55)56/h17-20,37,40-45,48-50H,3-16,21-36H2,1-2H3,(H,57,58)(H2,51,52,53)(H2,54,55,56)/t37-,40?,41?,42?,43+,44?,45+/m1/s1. The molecule has 22 heteroatoms. The molecule has 0 aromatic carbocycles. The number of aliphatic hydroxyl groups excluding tert-OH is 3. The summed E-state index contributed by atoms with van der Waals surface area (Å²) in [5.41, 5.74) is 0. The minimum absolute atomic E-state index is 0.0119. The number of rotatable bonds is 42. The molecule has 0 bridgehead atoms. The second-order valence-electron chi connectivity index (χ2n) is 17.4.